The van der Waals surface area contributed by atoms with E-state index in [-0.39, 0.29) is 5.91 Å². The summed E-state index contributed by atoms with van der Waals surface area (Å²) in [7, 11) is 0. The Morgan fingerprint density at radius 1 is 1.28 bits per heavy atom. The molecule has 1 unspecified atom stereocenters. The number of benzene rings is 1. The summed E-state index contributed by atoms with van der Waals surface area (Å²) in [6, 6.07) is 6.77. The summed E-state index contributed by atoms with van der Waals surface area (Å²) >= 11 is 0. The fourth-order valence-corrected chi connectivity index (χ4v) is 1.52. The molecular formula is C13H16N2O3. The van der Waals surface area contributed by atoms with Crippen LogP contribution in [0.5, 0.6) is 0 Å². The Bertz CT molecular complexity index is 415. The molecule has 0 spiro atoms. The van der Waals surface area contributed by atoms with Gasteiger partial charge < -0.3 is 15.8 Å². The minimum atomic E-state index is -0.723. The van der Waals surface area contributed by atoms with E-state index in [0.717, 1.165) is 11.8 Å². The molecule has 96 valence electrons. The van der Waals surface area contributed by atoms with Gasteiger partial charge in [-0.3, -0.25) is 9.59 Å². The first-order valence-corrected chi connectivity index (χ1v) is 5.68. The third kappa shape index (κ3) is 4.10. The normalized spacial score (nSPS) is 11.6. The van der Waals surface area contributed by atoms with E-state index in [1.54, 1.807) is 24.3 Å². The van der Waals surface area contributed by atoms with E-state index in [2.05, 4.69) is 5.32 Å². The van der Waals surface area contributed by atoms with Crippen LogP contribution in [-0.4, -0.2) is 31.6 Å². The maximum absolute atomic E-state index is 11.6. The van der Waals surface area contributed by atoms with Crippen LogP contribution < -0.4 is 11.1 Å². The maximum Gasteiger partial charge on any atom is 0.230 e. The molecular weight excluding hydrogens is 232 g/mol. The van der Waals surface area contributed by atoms with Crippen LogP contribution >= 0.6 is 0 Å². The molecule has 0 aromatic heterocycles. The van der Waals surface area contributed by atoms with E-state index >= 15 is 0 Å². The van der Waals surface area contributed by atoms with Crippen molar-refractivity contribution in [2.24, 2.45) is 11.7 Å². The Kier molecular flexibility index (Phi) is 5.73. The third-order valence-electron chi connectivity index (χ3n) is 2.52. The van der Waals surface area contributed by atoms with E-state index in [1.807, 2.05) is 0 Å². The first kappa shape index (κ1) is 14.1. The minimum absolute atomic E-state index is 0.318. The summed E-state index contributed by atoms with van der Waals surface area (Å²) < 4.78 is 0. The van der Waals surface area contributed by atoms with Gasteiger partial charge >= 0.3 is 0 Å². The monoisotopic (exact) mass is 248 g/mol. The molecule has 0 aliphatic heterocycles. The lowest BCUT2D eigenvalue weighted by Gasteiger charge is -2.10. The zero-order valence-corrected chi connectivity index (χ0v) is 9.96. The van der Waals surface area contributed by atoms with Crippen LogP contribution in [-0.2, 0) is 16.0 Å². The summed E-state index contributed by atoms with van der Waals surface area (Å²) in [6.45, 7) is 0.693. The molecule has 0 saturated carbocycles. The van der Waals surface area contributed by atoms with Crippen LogP contribution in [0, 0.1) is 5.92 Å². The lowest BCUT2D eigenvalue weighted by atomic mass is 9.99. The lowest BCUT2D eigenvalue weighted by molar-refractivity contribution is -0.128. The van der Waals surface area contributed by atoms with Gasteiger partial charge in [0.25, 0.3) is 0 Å². The number of hydrogen-bond acceptors (Lipinski definition) is 4. The topological polar surface area (TPSA) is 89.3 Å². The molecule has 0 aliphatic rings. The number of nitrogens with two attached hydrogens (primary N) is 1. The maximum atomic E-state index is 11.6. The van der Waals surface area contributed by atoms with Crippen LogP contribution in [0.1, 0.15) is 15.9 Å². The molecule has 0 bridgehead atoms. The molecule has 5 heteroatoms. The highest BCUT2D eigenvalue weighted by Gasteiger charge is 2.17. The summed E-state index contributed by atoms with van der Waals surface area (Å²) in [5.41, 5.74) is 6.66. The van der Waals surface area contributed by atoms with Gasteiger partial charge in [-0.25, -0.2) is 0 Å². The number of carbonyl (C=O) groups is 3. The second-order valence-corrected chi connectivity index (χ2v) is 3.89. The van der Waals surface area contributed by atoms with Crippen molar-refractivity contribution in [3.63, 3.8) is 0 Å². The van der Waals surface area contributed by atoms with Gasteiger partial charge in [-0.1, -0.05) is 24.3 Å². The Hall–Kier alpha value is -2.01. The molecule has 1 rings (SSSR count). The van der Waals surface area contributed by atoms with Gasteiger partial charge in [0.05, 0.1) is 5.92 Å². The standard InChI is InChI=1S/C13H16N2O3/c14-5-6-15-13(18)12(9-17)7-10-1-3-11(8-16)4-2-10/h1-4,8-9,12H,5-7,14H2,(H,15,18). The average molecular weight is 248 g/mol. The highest BCUT2D eigenvalue weighted by molar-refractivity contribution is 5.91. The van der Waals surface area contributed by atoms with Crippen molar-refractivity contribution < 1.29 is 14.4 Å². The smallest absolute Gasteiger partial charge is 0.230 e. The molecule has 1 aromatic rings. The average Bonchev–Trinajstić information content (AvgIpc) is 2.42. The molecule has 18 heavy (non-hydrogen) atoms. The molecule has 5 nitrogen and oxygen atoms in total. The van der Waals surface area contributed by atoms with E-state index in [4.69, 9.17) is 5.73 Å². The van der Waals surface area contributed by atoms with E-state index in [0.29, 0.717) is 31.4 Å². The van der Waals surface area contributed by atoms with Gasteiger partial charge in [0.2, 0.25) is 5.91 Å². The summed E-state index contributed by atoms with van der Waals surface area (Å²) in [6.07, 6.45) is 1.69. The van der Waals surface area contributed by atoms with Crippen molar-refractivity contribution in [1.29, 1.82) is 0 Å². The fourth-order valence-electron chi connectivity index (χ4n) is 1.52. The number of hydrogen-bond donors (Lipinski definition) is 2. The number of aldehydes is 2. The predicted octanol–water partition coefficient (Wildman–Crippen LogP) is -0.0684. The van der Waals surface area contributed by atoms with Crippen LogP contribution in [0.2, 0.25) is 0 Å². The van der Waals surface area contributed by atoms with Crippen LogP contribution in [0.3, 0.4) is 0 Å². The van der Waals surface area contributed by atoms with Gasteiger partial charge in [0.15, 0.2) is 0 Å². The summed E-state index contributed by atoms with van der Waals surface area (Å²) in [5, 5.41) is 2.57. The van der Waals surface area contributed by atoms with Crippen molar-refractivity contribution in [3.05, 3.63) is 35.4 Å². The molecule has 0 fully saturated rings. The quantitative estimate of drug-likeness (QED) is 0.522. The number of nitrogens with one attached hydrogen (secondary N) is 1. The van der Waals surface area contributed by atoms with Gasteiger partial charge in [-0.05, 0) is 12.0 Å². The van der Waals surface area contributed by atoms with E-state index in [9.17, 15) is 14.4 Å². The van der Waals surface area contributed by atoms with Gasteiger partial charge in [-0.2, -0.15) is 0 Å². The Morgan fingerprint density at radius 2 is 1.94 bits per heavy atom. The van der Waals surface area contributed by atoms with Crippen molar-refractivity contribution in [2.45, 2.75) is 6.42 Å². The van der Waals surface area contributed by atoms with Gasteiger partial charge in [0.1, 0.15) is 12.6 Å². The van der Waals surface area contributed by atoms with Crippen molar-refractivity contribution in [1.82, 2.24) is 5.32 Å². The second-order valence-electron chi connectivity index (χ2n) is 3.89. The molecule has 1 atom stereocenters. The molecule has 3 N–H and O–H groups in total. The highest BCUT2D eigenvalue weighted by atomic mass is 16.2. The molecule has 0 aliphatic carbocycles. The summed E-state index contributed by atoms with van der Waals surface area (Å²) in [5.74, 6) is -1.05. The fraction of sp³-hybridized carbons (Fsp3) is 0.308. The van der Waals surface area contributed by atoms with Crippen molar-refractivity contribution in [2.75, 3.05) is 13.1 Å². The van der Waals surface area contributed by atoms with E-state index in [1.165, 1.54) is 0 Å². The first-order chi connectivity index (χ1) is 8.71. The molecule has 1 aromatic carbocycles. The number of carbonyl (C=O) groups excluding carboxylic acids is 3. The predicted molar refractivity (Wildman–Crippen MR) is 67.2 cm³/mol. The summed E-state index contributed by atoms with van der Waals surface area (Å²) in [4.78, 5) is 33.0. The number of rotatable bonds is 7. The van der Waals surface area contributed by atoms with Crippen LogP contribution in [0.15, 0.2) is 24.3 Å². The molecule has 1 amide bonds. The Morgan fingerprint density at radius 3 is 2.44 bits per heavy atom. The second kappa shape index (κ2) is 7.34. The van der Waals surface area contributed by atoms with Crippen LogP contribution in [0.25, 0.3) is 0 Å². The van der Waals surface area contributed by atoms with Gasteiger partial charge in [-0.15, -0.1) is 0 Å². The third-order valence-corrected chi connectivity index (χ3v) is 2.52. The van der Waals surface area contributed by atoms with Gasteiger partial charge in [0, 0.05) is 18.7 Å². The van der Waals surface area contributed by atoms with Crippen molar-refractivity contribution >= 4 is 18.5 Å². The lowest BCUT2D eigenvalue weighted by Crippen LogP contribution is -2.35. The highest BCUT2D eigenvalue weighted by Crippen LogP contribution is 2.09. The Labute approximate surface area is 105 Å². The largest absolute Gasteiger partial charge is 0.354 e. The SMILES string of the molecule is NCCNC(=O)C(C=O)Cc1ccc(C=O)cc1. The van der Waals surface area contributed by atoms with Crippen LogP contribution in [0.4, 0.5) is 0 Å². The zero-order valence-electron chi connectivity index (χ0n) is 9.96. The first-order valence-electron chi connectivity index (χ1n) is 5.68. The Balaban J connectivity index is 2.63. The molecule has 0 saturated heterocycles. The van der Waals surface area contributed by atoms with E-state index < -0.39 is 5.92 Å². The van der Waals surface area contributed by atoms with Crippen molar-refractivity contribution in [3.8, 4) is 0 Å². The minimum Gasteiger partial charge on any atom is -0.354 e. The zero-order chi connectivity index (χ0) is 13.4. The molecule has 0 heterocycles. The number of amides is 1. The molecule has 0 radical (unpaired) electrons.